The van der Waals surface area contributed by atoms with Crippen molar-refractivity contribution >= 4 is 11.8 Å². The van der Waals surface area contributed by atoms with Crippen LogP contribution in [0.3, 0.4) is 0 Å². The van der Waals surface area contributed by atoms with Crippen molar-refractivity contribution in [1.82, 2.24) is 25.1 Å². The Morgan fingerprint density at radius 1 is 1.27 bits per heavy atom. The fraction of sp³-hybridized carbons (Fsp3) is 0.769. The highest BCUT2D eigenvalue weighted by atomic mass is 16.2. The molecular weight excluding hydrogens is 414 g/mol. The molecule has 1 aliphatic carbocycles. The van der Waals surface area contributed by atoms with Crippen molar-refractivity contribution in [3.05, 3.63) is 23.8 Å². The van der Waals surface area contributed by atoms with Crippen LogP contribution in [0.5, 0.6) is 0 Å². The summed E-state index contributed by atoms with van der Waals surface area (Å²) in [5, 5.41) is 2.95. The Labute approximate surface area is 199 Å². The number of amides is 2. The van der Waals surface area contributed by atoms with Gasteiger partial charge in [0.1, 0.15) is 17.6 Å². The van der Waals surface area contributed by atoms with Gasteiger partial charge in [-0.15, -0.1) is 0 Å². The Kier molecular flexibility index (Phi) is 8.14. The first-order chi connectivity index (χ1) is 15.5. The third-order valence-electron chi connectivity index (χ3n) is 7.47. The van der Waals surface area contributed by atoms with Gasteiger partial charge in [-0.2, -0.15) is 0 Å². The molecule has 2 fully saturated rings. The predicted octanol–water partition coefficient (Wildman–Crippen LogP) is 3.78. The molecule has 7 nitrogen and oxygen atoms in total. The highest BCUT2D eigenvalue weighted by Gasteiger charge is 2.42. The number of aromatic nitrogens is 2. The fourth-order valence-electron chi connectivity index (χ4n) is 5.35. The van der Waals surface area contributed by atoms with Crippen molar-refractivity contribution in [3.63, 3.8) is 0 Å². The van der Waals surface area contributed by atoms with Crippen LogP contribution >= 0.6 is 0 Å². The lowest BCUT2D eigenvalue weighted by Crippen LogP contribution is -2.51. The van der Waals surface area contributed by atoms with E-state index in [2.05, 4.69) is 52.9 Å². The molecule has 1 aromatic heterocycles. The van der Waals surface area contributed by atoms with E-state index in [9.17, 15) is 9.59 Å². The minimum absolute atomic E-state index is 0.0650. The van der Waals surface area contributed by atoms with Gasteiger partial charge in [-0.1, -0.05) is 34.1 Å². The molecule has 1 aliphatic heterocycles. The molecule has 0 radical (unpaired) electrons. The number of likely N-dealkylation sites (tertiary alicyclic amines) is 1. The van der Waals surface area contributed by atoms with E-state index in [1.165, 1.54) is 0 Å². The molecule has 0 bridgehead atoms. The number of hydrogen-bond donors (Lipinski definition) is 1. The SMILES string of the molecule is CCC[C@@H]1C[C@H](N(C)C(C)C)CC[C@@H]1N1CCC(NC(=O)c2ccnc(C(C)(C)C)n2)C1=O. The summed E-state index contributed by atoms with van der Waals surface area (Å²) in [7, 11) is 2.23. The molecule has 1 saturated heterocycles. The summed E-state index contributed by atoms with van der Waals surface area (Å²) in [6, 6.07) is 2.54. The first kappa shape index (κ1) is 25.6. The van der Waals surface area contributed by atoms with E-state index in [-0.39, 0.29) is 23.3 Å². The van der Waals surface area contributed by atoms with E-state index in [0.717, 1.165) is 38.6 Å². The lowest BCUT2D eigenvalue weighted by Gasteiger charge is -2.44. The average molecular weight is 458 g/mol. The maximum Gasteiger partial charge on any atom is 0.270 e. The smallest absolute Gasteiger partial charge is 0.270 e. The molecule has 4 atom stereocenters. The highest BCUT2D eigenvalue weighted by molar-refractivity contribution is 5.96. The minimum Gasteiger partial charge on any atom is -0.339 e. The second-order valence-electron chi connectivity index (χ2n) is 11.2. The first-order valence-electron chi connectivity index (χ1n) is 12.7. The summed E-state index contributed by atoms with van der Waals surface area (Å²) in [4.78, 5) is 39.5. The monoisotopic (exact) mass is 457 g/mol. The van der Waals surface area contributed by atoms with Crippen molar-refractivity contribution in [2.75, 3.05) is 13.6 Å². The molecule has 1 N–H and O–H groups in total. The van der Waals surface area contributed by atoms with Gasteiger partial charge in [0.15, 0.2) is 0 Å². The first-order valence-corrected chi connectivity index (χ1v) is 12.7. The average Bonchev–Trinajstić information content (AvgIpc) is 3.12. The molecule has 2 heterocycles. The van der Waals surface area contributed by atoms with E-state index in [1.807, 2.05) is 20.8 Å². The Bertz CT molecular complexity index is 834. The zero-order chi connectivity index (χ0) is 24.3. The maximum atomic E-state index is 13.3. The summed E-state index contributed by atoms with van der Waals surface area (Å²) in [6.07, 6.45) is 7.86. The molecule has 3 rings (SSSR count). The second kappa shape index (κ2) is 10.5. The van der Waals surface area contributed by atoms with Crippen LogP contribution in [0.2, 0.25) is 0 Å². The van der Waals surface area contributed by atoms with Crippen molar-refractivity contribution in [1.29, 1.82) is 0 Å². The molecule has 0 aromatic carbocycles. The van der Waals surface area contributed by atoms with Crippen molar-refractivity contribution in [2.45, 2.75) is 110 Å². The molecule has 33 heavy (non-hydrogen) atoms. The van der Waals surface area contributed by atoms with Crippen molar-refractivity contribution in [2.24, 2.45) is 5.92 Å². The van der Waals surface area contributed by atoms with Gasteiger partial charge < -0.3 is 15.1 Å². The van der Waals surface area contributed by atoms with Gasteiger partial charge in [-0.3, -0.25) is 9.59 Å². The van der Waals surface area contributed by atoms with E-state index in [4.69, 9.17) is 0 Å². The third kappa shape index (κ3) is 5.92. The molecule has 7 heteroatoms. The number of nitrogens with one attached hydrogen (secondary N) is 1. The van der Waals surface area contributed by atoms with E-state index in [1.54, 1.807) is 12.3 Å². The molecule has 2 amide bonds. The maximum absolute atomic E-state index is 13.3. The molecule has 1 unspecified atom stereocenters. The number of rotatable bonds is 7. The second-order valence-corrected chi connectivity index (χ2v) is 11.2. The van der Waals surface area contributed by atoms with Crippen LogP contribution < -0.4 is 5.32 Å². The third-order valence-corrected chi connectivity index (χ3v) is 7.47. The van der Waals surface area contributed by atoms with Gasteiger partial charge >= 0.3 is 0 Å². The van der Waals surface area contributed by atoms with Gasteiger partial charge in [-0.25, -0.2) is 9.97 Å². The van der Waals surface area contributed by atoms with Gasteiger partial charge in [0.2, 0.25) is 5.91 Å². The van der Waals surface area contributed by atoms with Crippen LogP contribution in [-0.4, -0.2) is 69.3 Å². The topological polar surface area (TPSA) is 78.4 Å². The van der Waals surface area contributed by atoms with E-state index in [0.29, 0.717) is 35.9 Å². The summed E-state index contributed by atoms with van der Waals surface area (Å²) in [5.41, 5.74) is 0.0785. The Morgan fingerprint density at radius 2 is 2.00 bits per heavy atom. The summed E-state index contributed by atoms with van der Waals surface area (Å²) < 4.78 is 0. The number of carbonyl (C=O) groups is 2. The summed E-state index contributed by atoms with van der Waals surface area (Å²) in [6.45, 7) is 13.5. The molecular formula is C26H43N5O2. The normalized spacial score (nSPS) is 26.3. The lowest BCUT2D eigenvalue weighted by molar-refractivity contribution is -0.133. The van der Waals surface area contributed by atoms with Gasteiger partial charge in [-0.05, 0) is 65.0 Å². The number of nitrogens with zero attached hydrogens (tertiary/aromatic N) is 4. The van der Waals surface area contributed by atoms with Crippen LogP contribution in [0.25, 0.3) is 0 Å². The molecule has 0 spiro atoms. The molecule has 1 aromatic rings. The highest BCUT2D eigenvalue weighted by Crippen LogP contribution is 2.36. The Morgan fingerprint density at radius 3 is 2.64 bits per heavy atom. The van der Waals surface area contributed by atoms with Crippen LogP contribution in [0.15, 0.2) is 12.3 Å². The van der Waals surface area contributed by atoms with Gasteiger partial charge in [0, 0.05) is 36.3 Å². The number of carbonyl (C=O) groups excluding carboxylic acids is 2. The Balaban J connectivity index is 1.66. The summed E-state index contributed by atoms with van der Waals surface area (Å²) in [5.74, 6) is 0.912. The number of hydrogen-bond acceptors (Lipinski definition) is 5. The van der Waals surface area contributed by atoms with Crippen LogP contribution in [0.1, 0.15) is 96.4 Å². The van der Waals surface area contributed by atoms with Crippen LogP contribution in [-0.2, 0) is 10.2 Å². The van der Waals surface area contributed by atoms with Crippen molar-refractivity contribution in [3.8, 4) is 0 Å². The predicted molar refractivity (Wildman–Crippen MR) is 131 cm³/mol. The van der Waals surface area contributed by atoms with E-state index < -0.39 is 6.04 Å². The zero-order valence-electron chi connectivity index (χ0n) is 21.6. The fourth-order valence-corrected chi connectivity index (χ4v) is 5.35. The van der Waals surface area contributed by atoms with Crippen LogP contribution in [0, 0.1) is 5.92 Å². The van der Waals surface area contributed by atoms with Crippen molar-refractivity contribution < 1.29 is 9.59 Å². The standard InChI is InChI=1S/C26H43N5O2/c1-8-9-18-16-19(30(7)17(2)3)10-11-22(18)31-15-13-21(24(31)33)28-23(32)20-12-14-27-25(29-20)26(4,5)6/h12,14,17-19,21-22H,8-11,13,15-16H2,1-7H3,(H,28,32)/t18-,19-,21?,22+/m1/s1. The molecule has 2 aliphatic rings. The lowest BCUT2D eigenvalue weighted by atomic mass is 9.77. The molecule has 184 valence electrons. The van der Waals surface area contributed by atoms with Gasteiger partial charge in [0.25, 0.3) is 5.91 Å². The summed E-state index contributed by atoms with van der Waals surface area (Å²) >= 11 is 0. The Hall–Kier alpha value is -2.02. The zero-order valence-corrected chi connectivity index (χ0v) is 21.6. The largest absolute Gasteiger partial charge is 0.339 e. The minimum atomic E-state index is -0.469. The molecule has 1 saturated carbocycles. The quantitative estimate of drug-likeness (QED) is 0.674. The van der Waals surface area contributed by atoms with E-state index >= 15 is 0 Å². The van der Waals surface area contributed by atoms with Crippen LogP contribution in [0.4, 0.5) is 0 Å². The van der Waals surface area contributed by atoms with Gasteiger partial charge in [0.05, 0.1) is 0 Å².